The normalized spacial score (nSPS) is 10.2. The van der Waals surface area contributed by atoms with Gasteiger partial charge in [-0.3, -0.25) is 0 Å². The van der Waals surface area contributed by atoms with Crippen molar-refractivity contribution in [2.24, 2.45) is 0 Å². The molecule has 0 fully saturated rings. The van der Waals surface area contributed by atoms with E-state index >= 15 is 0 Å². The van der Waals surface area contributed by atoms with E-state index in [0.717, 1.165) is 17.7 Å². The molecule has 0 saturated heterocycles. The number of hydrogen-bond acceptors (Lipinski definition) is 3. The first-order chi connectivity index (χ1) is 11.2. The Bertz CT molecular complexity index is 612. The first kappa shape index (κ1) is 17.2. The van der Waals surface area contributed by atoms with Gasteiger partial charge in [-0.05, 0) is 48.1 Å². The molecule has 0 saturated carbocycles. The van der Waals surface area contributed by atoms with Crippen LogP contribution in [-0.4, -0.2) is 25.9 Å². The van der Waals surface area contributed by atoms with Gasteiger partial charge in [-0.1, -0.05) is 24.3 Å². The fourth-order valence-corrected chi connectivity index (χ4v) is 2.51. The summed E-state index contributed by atoms with van der Waals surface area (Å²) in [6, 6.07) is 15.9. The number of carbonyl (C=O) groups is 1. The van der Waals surface area contributed by atoms with E-state index < -0.39 is 0 Å². The number of amides is 2. The van der Waals surface area contributed by atoms with Crippen LogP contribution in [0.1, 0.15) is 11.1 Å². The van der Waals surface area contributed by atoms with Gasteiger partial charge in [-0.2, -0.15) is 0 Å². The standard InChI is InChI=1S/C18H22N2O2S/c1-22-16-7-3-14(4-8-16)11-12-19-18(21)20-13-15-5-9-17(23-2)10-6-15/h3-10H,11-13H2,1-2H3,(H2,19,20,21). The number of ether oxygens (including phenoxy) is 1. The van der Waals surface area contributed by atoms with E-state index in [-0.39, 0.29) is 6.03 Å². The van der Waals surface area contributed by atoms with Crippen LogP contribution in [0.3, 0.4) is 0 Å². The molecule has 2 rings (SSSR count). The predicted molar refractivity (Wildman–Crippen MR) is 95.2 cm³/mol. The van der Waals surface area contributed by atoms with Crippen LogP contribution in [0.25, 0.3) is 0 Å². The van der Waals surface area contributed by atoms with E-state index in [1.54, 1.807) is 18.9 Å². The number of nitrogens with one attached hydrogen (secondary N) is 2. The molecular weight excluding hydrogens is 308 g/mol. The molecule has 122 valence electrons. The molecule has 2 aromatic rings. The van der Waals surface area contributed by atoms with Crippen molar-refractivity contribution in [2.75, 3.05) is 19.9 Å². The highest BCUT2D eigenvalue weighted by Crippen LogP contribution is 2.14. The Kier molecular flexibility index (Phi) is 6.81. The third kappa shape index (κ3) is 5.87. The molecule has 0 heterocycles. The van der Waals surface area contributed by atoms with E-state index in [1.165, 1.54) is 10.5 Å². The van der Waals surface area contributed by atoms with Crippen LogP contribution in [0.4, 0.5) is 4.79 Å². The van der Waals surface area contributed by atoms with Crippen LogP contribution in [0, 0.1) is 0 Å². The van der Waals surface area contributed by atoms with Crippen molar-refractivity contribution in [1.82, 2.24) is 10.6 Å². The van der Waals surface area contributed by atoms with Crippen molar-refractivity contribution in [3.8, 4) is 5.75 Å². The molecule has 0 aliphatic rings. The second-order valence-corrected chi connectivity index (χ2v) is 5.94. The van der Waals surface area contributed by atoms with E-state index in [4.69, 9.17) is 4.74 Å². The second kappa shape index (κ2) is 9.10. The van der Waals surface area contributed by atoms with Gasteiger partial charge >= 0.3 is 6.03 Å². The Hall–Kier alpha value is -2.14. The maximum Gasteiger partial charge on any atom is 0.315 e. The van der Waals surface area contributed by atoms with Gasteiger partial charge in [0, 0.05) is 18.0 Å². The number of urea groups is 1. The molecule has 0 unspecified atom stereocenters. The van der Waals surface area contributed by atoms with Gasteiger partial charge in [-0.25, -0.2) is 4.79 Å². The van der Waals surface area contributed by atoms with Crippen molar-refractivity contribution in [2.45, 2.75) is 17.9 Å². The van der Waals surface area contributed by atoms with E-state index in [2.05, 4.69) is 22.8 Å². The van der Waals surface area contributed by atoms with Crippen LogP contribution >= 0.6 is 11.8 Å². The molecule has 0 bridgehead atoms. The summed E-state index contributed by atoms with van der Waals surface area (Å²) >= 11 is 1.71. The summed E-state index contributed by atoms with van der Waals surface area (Å²) < 4.78 is 5.12. The lowest BCUT2D eigenvalue weighted by molar-refractivity contribution is 0.240. The van der Waals surface area contributed by atoms with Crippen LogP contribution in [0.15, 0.2) is 53.4 Å². The molecule has 0 spiro atoms. The Morgan fingerprint density at radius 1 is 1.00 bits per heavy atom. The highest BCUT2D eigenvalue weighted by Gasteiger charge is 2.01. The Balaban J connectivity index is 1.67. The van der Waals surface area contributed by atoms with E-state index in [1.807, 2.05) is 42.7 Å². The average molecular weight is 330 g/mol. The molecule has 23 heavy (non-hydrogen) atoms. The van der Waals surface area contributed by atoms with Crippen LogP contribution in [-0.2, 0) is 13.0 Å². The molecule has 2 aromatic carbocycles. The Morgan fingerprint density at radius 3 is 2.26 bits per heavy atom. The SMILES string of the molecule is COc1ccc(CCNC(=O)NCc2ccc(SC)cc2)cc1. The fourth-order valence-electron chi connectivity index (χ4n) is 2.10. The fraction of sp³-hybridized carbons (Fsp3) is 0.278. The number of carbonyl (C=O) groups excluding carboxylic acids is 1. The number of benzene rings is 2. The molecule has 2 N–H and O–H groups in total. The van der Waals surface area contributed by atoms with Crippen LogP contribution in [0.5, 0.6) is 5.75 Å². The summed E-state index contributed by atoms with van der Waals surface area (Å²) in [7, 11) is 1.65. The maximum absolute atomic E-state index is 11.8. The average Bonchev–Trinajstić information content (AvgIpc) is 2.61. The minimum Gasteiger partial charge on any atom is -0.497 e. The number of methoxy groups -OCH3 is 1. The van der Waals surface area contributed by atoms with Crippen molar-refractivity contribution in [3.05, 3.63) is 59.7 Å². The Labute approximate surface area is 141 Å². The summed E-state index contributed by atoms with van der Waals surface area (Å²) in [5.74, 6) is 0.840. The summed E-state index contributed by atoms with van der Waals surface area (Å²) in [5, 5.41) is 5.73. The third-order valence-corrected chi connectivity index (χ3v) is 4.21. The topological polar surface area (TPSA) is 50.4 Å². The minimum absolute atomic E-state index is 0.146. The third-order valence-electron chi connectivity index (χ3n) is 3.47. The lowest BCUT2D eigenvalue weighted by atomic mass is 10.1. The molecule has 0 radical (unpaired) electrons. The summed E-state index contributed by atoms with van der Waals surface area (Å²) in [5.41, 5.74) is 2.26. The van der Waals surface area contributed by atoms with Crippen LogP contribution in [0.2, 0.25) is 0 Å². The van der Waals surface area contributed by atoms with Gasteiger partial charge < -0.3 is 15.4 Å². The van der Waals surface area contributed by atoms with E-state index in [0.29, 0.717) is 13.1 Å². The van der Waals surface area contributed by atoms with E-state index in [9.17, 15) is 4.79 Å². The number of thioether (sulfide) groups is 1. The van der Waals surface area contributed by atoms with Crippen LogP contribution < -0.4 is 15.4 Å². The molecule has 0 atom stereocenters. The highest BCUT2D eigenvalue weighted by atomic mass is 32.2. The lowest BCUT2D eigenvalue weighted by Crippen LogP contribution is -2.36. The zero-order chi connectivity index (χ0) is 16.5. The summed E-state index contributed by atoms with van der Waals surface area (Å²) in [6.45, 7) is 1.13. The first-order valence-electron chi connectivity index (χ1n) is 7.49. The molecule has 5 heteroatoms. The zero-order valence-electron chi connectivity index (χ0n) is 13.5. The smallest absolute Gasteiger partial charge is 0.315 e. The van der Waals surface area contributed by atoms with Crippen molar-refractivity contribution in [3.63, 3.8) is 0 Å². The molecular formula is C18H22N2O2S. The molecule has 0 aromatic heterocycles. The monoisotopic (exact) mass is 330 g/mol. The largest absolute Gasteiger partial charge is 0.497 e. The Morgan fingerprint density at radius 2 is 1.65 bits per heavy atom. The van der Waals surface area contributed by atoms with Gasteiger partial charge in [-0.15, -0.1) is 11.8 Å². The lowest BCUT2D eigenvalue weighted by Gasteiger charge is -2.08. The molecule has 2 amide bonds. The van der Waals surface area contributed by atoms with Gasteiger partial charge in [0.1, 0.15) is 5.75 Å². The molecule has 4 nitrogen and oxygen atoms in total. The number of hydrogen-bond donors (Lipinski definition) is 2. The second-order valence-electron chi connectivity index (χ2n) is 5.06. The van der Waals surface area contributed by atoms with Crippen molar-refractivity contribution >= 4 is 17.8 Å². The molecule has 0 aliphatic carbocycles. The highest BCUT2D eigenvalue weighted by molar-refractivity contribution is 7.98. The summed E-state index contributed by atoms with van der Waals surface area (Å²) in [4.78, 5) is 13.0. The van der Waals surface area contributed by atoms with Gasteiger partial charge in [0.2, 0.25) is 0 Å². The van der Waals surface area contributed by atoms with Crippen molar-refractivity contribution < 1.29 is 9.53 Å². The minimum atomic E-state index is -0.146. The van der Waals surface area contributed by atoms with Gasteiger partial charge in [0.25, 0.3) is 0 Å². The molecule has 0 aliphatic heterocycles. The summed E-state index contributed by atoms with van der Waals surface area (Å²) in [6.07, 6.45) is 2.84. The quantitative estimate of drug-likeness (QED) is 0.765. The first-order valence-corrected chi connectivity index (χ1v) is 8.71. The number of rotatable bonds is 7. The maximum atomic E-state index is 11.8. The van der Waals surface area contributed by atoms with Gasteiger partial charge in [0.15, 0.2) is 0 Å². The van der Waals surface area contributed by atoms with Gasteiger partial charge in [0.05, 0.1) is 7.11 Å². The van der Waals surface area contributed by atoms with Crippen molar-refractivity contribution in [1.29, 1.82) is 0 Å². The zero-order valence-corrected chi connectivity index (χ0v) is 14.3. The predicted octanol–water partition coefficient (Wildman–Crippen LogP) is 3.46.